The van der Waals surface area contributed by atoms with Gasteiger partial charge in [0.05, 0.1) is 12.8 Å². The zero-order valence-electron chi connectivity index (χ0n) is 17.3. The zero-order chi connectivity index (χ0) is 20.5. The van der Waals surface area contributed by atoms with E-state index in [0.29, 0.717) is 12.5 Å². The molecule has 1 aliphatic rings. The number of hydrogen-bond acceptors (Lipinski definition) is 5. The zero-order valence-corrected chi connectivity index (χ0v) is 17.3. The van der Waals surface area contributed by atoms with Crippen LogP contribution in [0.1, 0.15) is 31.0 Å². The number of benzene rings is 1. The molecule has 30 heavy (non-hydrogen) atoms. The van der Waals surface area contributed by atoms with Gasteiger partial charge in [-0.25, -0.2) is 14.5 Å². The number of nitrogens with zero attached hydrogens (tertiary/aromatic N) is 5. The van der Waals surface area contributed by atoms with Gasteiger partial charge in [-0.05, 0) is 50.1 Å². The van der Waals surface area contributed by atoms with Crippen LogP contribution in [-0.2, 0) is 6.42 Å². The smallest absolute Gasteiger partial charge is 0.157 e. The Labute approximate surface area is 176 Å². The Hall–Kier alpha value is -3.41. The molecule has 0 aliphatic carbocycles. The number of aromatic nitrogens is 4. The number of pyridine rings is 1. The van der Waals surface area contributed by atoms with Crippen LogP contribution < -0.4 is 9.64 Å². The highest BCUT2D eigenvalue weighted by Gasteiger charge is 2.21. The molecule has 5 rings (SSSR count). The molecule has 1 saturated heterocycles. The summed E-state index contributed by atoms with van der Waals surface area (Å²) in [5.74, 6) is 1.88. The first-order valence-electron chi connectivity index (χ1n) is 10.4. The maximum absolute atomic E-state index is 5.38. The van der Waals surface area contributed by atoms with Gasteiger partial charge in [0.1, 0.15) is 11.6 Å². The van der Waals surface area contributed by atoms with Crippen LogP contribution in [0.5, 0.6) is 5.75 Å². The summed E-state index contributed by atoms with van der Waals surface area (Å²) in [5, 5.41) is 4.74. The average molecular weight is 399 g/mol. The molecule has 0 spiro atoms. The van der Waals surface area contributed by atoms with E-state index in [0.717, 1.165) is 46.3 Å². The van der Waals surface area contributed by atoms with Crippen LogP contribution in [0.2, 0.25) is 0 Å². The second kappa shape index (κ2) is 7.78. The van der Waals surface area contributed by atoms with E-state index in [9.17, 15) is 0 Å². The van der Waals surface area contributed by atoms with Crippen LogP contribution in [0.4, 0.5) is 5.82 Å². The maximum atomic E-state index is 5.38. The van der Waals surface area contributed by atoms with Crippen molar-refractivity contribution in [1.29, 1.82) is 0 Å². The van der Waals surface area contributed by atoms with Crippen molar-refractivity contribution in [2.75, 3.05) is 18.6 Å². The largest absolute Gasteiger partial charge is 0.497 e. The molecular formula is C24H25N5O. The molecule has 4 aromatic rings. The van der Waals surface area contributed by atoms with E-state index in [4.69, 9.17) is 14.8 Å². The molecule has 1 unspecified atom stereocenters. The Kier molecular flexibility index (Phi) is 4.83. The lowest BCUT2D eigenvalue weighted by molar-refractivity contribution is 0.415. The van der Waals surface area contributed by atoms with Crippen molar-refractivity contribution in [3.63, 3.8) is 0 Å². The summed E-state index contributed by atoms with van der Waals surface area (Å²) in [6, 6.07) is 16.9. The Morgan fingerprint density at radius 3 is 2.87 bits per heavy atom. The van der Waals surface area contributed by atoms with Crippen molar-refractivity contribution in [3.8, 4) is 17.0 Å². The van der Waals surface area contributed by atoms with E-state index in [1.165, 1.54) is 12.8 Å². The molecule has 3 aromatic heterocycles. The Morgan fingerprint density at radius 1 is 1.13 bits per heavy atom. The van der Waals surface area contributed by atoms with Crippen LogP contribution in [0.25, 0.3) is 16.9 Å². The number of imidazole rings is 1. The summed E-state index contributed by atoms with van der Waals surface area (Å²) in [6.07, 6.45) is 6.84. The second-order valence-corrected chi connectivity index (χ2v) is 7.83. The third kappa shape index (κ3) is 3.49. The van der Waals surface area contributed by atoms with Gasteiger partial charge >= 0.3 is 0 Å². The summed E-state index contributed by atoms with van der Waals surface area (Å²) in [4.78, 5) is 11.9. The number of hydrogen-bond donors (Lipinski definition) is 0. The van der Waals surface area contributed by atoms with E-state index >= 15 is 0 Å². The van der Waals surface area contributed by atoms with Gasteiger partial charge in [0, 0.05) is 48.2 Å². The van der Waals surface area contributed by atoms with E-state index in [2.05, 4.69) is 41.1 Å². The van der Waals surface area contributed by atoms with Crippen molar-refractivity contribution >= 4 is 11.5 Å². The highest BCUT2D eigenvalue weighted by atomic mass is 16.5. The molecule has 6 heteroatoms. The molecule has 4 heterocycles. The van der Waals surface area contributed by atoms with Gasteiger partial charge in [0.25, 0.3) is 0 Å². The molecule has 0 radical (unpaired) electrons. The van der Waals surface area contributed by atoms with Crippen molar-refractivity contribution in [1.82, 2.24) is 19.6 Å². The van der Waals surface area contributed by atoms with Crippen LogP contribution in [0.3, 0.4) is 0 Å². The first-order valence-corrected chi connectivity index (χ1v) is 10.4. The minimum atomic E-state index is 0.548. The highest BCUT2D eigenvalue weighted by Crippen LogP contribution is 2.27. The lowest BCUT2D eigenvalue weighted by atomic mass is 10.1. The van der Waals surface area contributed by atoms with Crippen molar-refractivity contribution in [3.05, 3.63) is 72.2 Å². The summed E-state index contributed by atoms with van der Waals surface area (Å²) in [5.41, 5.74) is 4.91. The molecule has 0 saturated carbocycles. The Balaban J connectivity index is 1.52. The summed E-state index contributed by atoms with van der Waals surface area (Å²) >= 11 is 0. The molecule has 1 aliphatic heterocycles. The first-order chi connectivity index (χ1) is 14.7. The van der Waals surface area contributed by atoms with Crippen molar-refractivity contribution in [2.45, 2.75) is 32.2 Å². The third-order valence-electron chi connectivity index (χ3n) is 5.81. The predicted molar refractivity (Wildman–Crippen MR) is 118 cm³/mol. The van der Waals surface area contributed by atoms with Gasteiger partial charge in [0.15, 0.2) is 5.65 Å². The van der Waals surface area contributed by atoms with Crippen molar-refractivity contribution in [2.24, 2.45) is 0 Å². The molecule has 1 fully saturated rings. The van der Waals surface area contributed by atoms with Crippen LogP contribution in [0, 0.1) is 0 Å². The summed E-state index contributed by atoms with van der Waals surface area (Å²) < 4.78 is 7.23. The summed E-state index contributed by atoms with van der Waals surface area (Å²) in [7, 11) is 1.68. The molecular weight excluding hydrogens is 374 g/mol. The standard InChI is InChI=1S/C24H25N5O/c1-17-6-5-12-28(17)23-10-4-8-20(26-23)14-19-16-22(27-29-13-11-25-24(19)29)18-7-3-9-21(15-18)30-2/h3-4,7-11,13,15-17H,5-6,12,14H2,1-2H3. The minimum Gasteiger partial charge on any atom is -0.497 e. The SMILES string of the molecule is COc1cccc(-c2cc(Cc3cccc(N4CCCC4C)n3)c3nccn3n2)c1. The number of rotatable bonds is 5. The maximum Gasteiger partial charge on any atom is 0.157 e. The van der Waals surface area contributed by atoms with Crippen LogP contribution in [0.15, 0.2) is 60.9 Å². The lowest BCUT2D eigenvalue weighted by Gasteiger charge is -2.23. The number of ether oxygens (including phenoxy) is 1. The van der Waals surface area contributed by atoms with E-state index in [1.54, 1.807) is 13.3 Å². The Bertz CT molecular complexity index is 1190. The molecule has 0 N–H and O–H groups in total. The molecule has 0 bridgehead atoms. The normalized spacial score (nSPS) is 16.3. The highest BCUT2D eigenvalue weighted by molar-refractivity contribution is 5.65. The fourth-order valence-electron chi connectivity index (χ4n) is 4.23. The Morgan fingerprint density at radius 2 is 2.03 bits per heavy atom. The van der Waals surface area contributed by atoms with E-state index in [1.807, 2.05) is 35.0 Å². The fraction of sp³-hybridized carbons (Fsp3) is 0.292. The average Bonchev–Trinajstić information content (AvgIpc) is 3.43. The first kappa shape index (κ1) is 18.6. The monoisotopic (exact) mass is 399 g/mol. The van der Waals surface area contributed by atoms with Gasteiger partial charge < -0.3 is 9.64 Å². The summed E-state index contributed by atoms with van der Waals surface area (Å²) in [6.45, 7) is 3.36. The molecule has 0 amide bonds. The molecule has 1 atom stereocenters. The van der Waals surface area contributed by atoms with Crippen LogP contribution in [-0.4, -0.2) is 39.3 Å². The minimum absolute atomic E-state index is 0.548. The van der Waals surface area contributed by atoms with Gasteiger partial charge in [0.2, 0.25) is 0 Å². The van der Waals surface area contributed by atoms with Crippen molar-refractivity contribution < 1.29 is 4.74 Å². The van der Waals surface area contributed by atoms with E-state index in [-0.39, 0.29) is 0 Å². The molecule has 6 nitrogen and oxygen atoms in total. The second-order valence-electron chi connectivity index (χ2n) is 7.83. The third-order valence-corrected chi connectivity index (χ3v) is 5.81. The quantitative estimate of drug-likeness (QED) is 0.498. The predicted octanol–water partition coefficient (Wildman–Crippen LogP) is 4.38. The van der Waals surface area contributed by atoms with Gasteiger partial charge in [-0.15, -0.1) is 0 Å². The van der Waals surface area contributed by atoms with Gasteiger partial charge in [-0.2, -0.15) is 5.10 Å². The lowest BCUT2D eigenvalue weighted by Crippen LogP contribution is -2.27. The number of fused-ring (bicyclic) bond motifs is 1. The number of methoxy groups -OCH3 is 1. The molecule has 152 valence electrons. The van der Waals surface area contributed by atoms with E-state index < -0.39 is 0 Å². The van der Waals surface area contributed by atoms with Crippen LogP contribution >= 0.6 is 0 Å². The topological polar surface area (TPSA) is 55.5 Å². The fourth-order valence-corrected chi connectivity index (χ4v) is 4.23. The number of anilines is 1. The van der Waals surface area contributed by atoms with Gasteiger partial charge in [-0.1, -0.05) is 18.2 Å². The molecule has 1 aromatic carbocycles. The van der Waals surface area contributed by atoms with Gasteiger partial charge in [-0.3, -0.25) is 0 Å².